The minimum Gasteiger partial charge on any atom is -0.313 e. The molecule has 0 heterocycles. The summed E-state index contributed by atoms with van der Waals surface area (Å²) in [7, 11) is 2.18. The Bertz CT molecular complexity index is 327. The molecule has 0 saturated heterocycles. The van der Waals surface area contributed by atoms with Crippen LogP contribution in [0.25, 0.3) is 0 Å². The predicted molar refractivity (Wildman–Crippen MR) is 80.0 cm³/mol. The van der Waals surface area contributed by atoms with E-state index in [-0.39, 0.29) is 0 Å². The number of benzene rings is 1. The Labute approximate surface area is 112 Å². The largest absolute Gasteiger partial charge is 0.313 e. The van der Waals surface area contributed by atoms with Gasteiger partial charge < -0.3 is 10.2 Å². The zero-order valence-corrected chi connectivity index (χ0v) is 12.5. The van der Waals surface area contributed by atoms with Crippen LogP contribution in [0.5, 0.6) is 0 Å². The van der Waals surface area contributed by atoms with Crippen LogP contribution < -0.4 is 5.32 Å². The number of nitrogens with zero attached hydrogens (tertiary/aromatic N) is 1. The Morgan fingerprint density at radius 2 is 1.67 bits per heavy atom. The highest BCUT2D eigenvalue weighted by molar-refractivity contribution is 5.24. The Kier molecular flexibility index (Phi) is 6.37. The fourth-order valence-corrected chi connectivity index (χ4v) is 1.94. The third kappa shape index (κ3) is 5.65. The van der Waals surface area contributed by atoms with Crippen LogP contribution in [-0.4, -0.2) is 31.1 Å². The highest BCUT2D eigenvalue weighted by Gasteiger charge is 2.02. The Balaban J connectivity index is 2.37. The normalized spacial score (nSPS) is 11.8. The molecule has 0 radical (unpaired) electrons. The van der Waals surface area contributed by atoms with Gasteiger partial charge in [0.1, 0.15) is 0 Å². The van der Waals surface area contributed by atoms with Crippen molar-refractivity contribution < 1.29 is 0 Å². The number of nitrogens with one attached hydrogen (secondary N) is 1. The third-order valence-corrected chi connectivity index (χ3v) is 3.14. The van der Waals surface area contributed by atoms with Crippen molar-refractivity contribution in [3.8, 4) is 0 Å². The molecule has 0 aliphatic heterocycles. The molecule has 1 aromatic rings. The maximum absolute atomic E-state index is 3.44. The molecule has 1 aromatic carbocycles. The highest BCUT2D eigenvalue weighted by atomic mass is 15.1. The number of likely N-dealkylation sites (N-methyl/N-ethyl adjacent to an activating group) is 1. The maximum Gasteiger partial charge on any atom is 0.0231 e. The van der Waals surface area contributed by atoms with Gasteiger partial charge in [-0.1, -0.05) is 52.0 Å². The topological polar surface area (TPSA) is 15.3 Å². The molecule has 0 aromatic heterocycles. The standard InChI is InChI=1S/C16H28N2/c1-13(2)16-8-6-15(7-9-16)12-18(5)11-10-17-14(3)4/h6-9,13-14,17H,10-12H2,1-5H3. The van der Waals surface area contributed by atoms with Gasteiger partial charge in [0.25, 0.3) is 0 Å². The molecular formula is C16H28N2. The van der Waals surface area contributed by atoms with Crippen LogP contribution in [0.2, 0.25) is 0 Å². The minimum absolute atomic E-state index is 0.573. The summed E-state index contributed by atoms with van der Waals surface area (Å²) < 4.78 is 0. The molecule has 102 valence electrons. The van der Waals surface area contributed by atoms with Gasteiger partial charge in [-0.15, -0.1) is 0 Å². The zero-order valence-electron chi connectivity index (χ0n) is 12.5. The maximum atomic E-state index is 3.44. The van der Waals surface area contributed by atoms with Gasteiger partial charge in [-0.3, -0.25) is 0 Å². The van der Waals surface area contributed by atoms with Crippen molar-refractivity contribution in [2.45, 2.75) is 46.2 Å². The molecule has 0 aliphatic rings. The van der Waals surface area contributed by atoms with E-state index in [1.54, 1.807) is 0 Å². The molecule has 0 fully saturated rings. The van der Waals surface area contributed by atoms with E-state index < -0.39 is 0 Å². The molecule has 0 amide bonds. The fourth-order valence-electron chi connectivity index (χ4n) is 1.94. The molecule has 1 N–H and O–H groups in total. The van der Waals surface area contributed by atoms with Crippen molar-refractivity contribution in [2.75, 3.05) is 20.1 Å². The molecule has 0 aliphatic carbocycles. The summed E-state index contributed by atoms with van der Waals surface area (Å²) in [6, 6.07) is 9.58. The average molecular weight is 248 g/mol. The minimum atomic E-state index is 0.573. The van der Waals surface area contributed by atoms with Crippen molar-refractivity contribution >= 4 is 0 Å². The molecule has 0 spiro atoms. The van der Waals surface area contributed by atoms with Crippen LogP contribution in [0.1, 0.15) is 44.7 Å². The summed E-state index contributed by atoms with van der Waals surface area (Å²) in [6.45, 7) is 12.0. The number of hydrogen-bond donors (Lipinski definition) is 1. The predicted octanol–water partition coefficient (Wildman–Crippen LogP) is 3.24. The highest BCUT2D eigenvalue weighted by Crippen LogP contribution is 2.15. The van der Waals surface area contributed by atoms with Crippen LogP contribution in [0.15, 0.2) is 24.3 Å². The average Bonchev–Trinajstić information content (AvgIpc) is 2.29. The Morgan fingerprint density at radius 3 is 2.17 bits per heavy atom. The van der Waals surface area contributed by atoms with Gasteiger partial charge in [-0.2, -0.15) is 0 Å². The van der Waals surface area contributed by atoms with Gasteiger partial charge in [0.2, 0.25) is 0 Å². The molecule has 0 unspecified atom stereocenters. The van der Waals surface area contributed by atoms with E-state index in [1.807, 2.05) is 0 Å². The van der Waals surface area contributed by atoms with Crippen molar-refractivity contribution in [2.24, 2.45) is 0 Å². The molecular weight excluding hydrogens is 220 g/mol. The molecule has 18 heavy (non-hydrogen) atoms. The van der Waals surface area contributed by atoms with Crippen LogP contribution in [-0.2, 0) is 6.54 Å². The molecule has 0 saturated carbocycles. The molecule has 0 atom stereocenters. The van der Waals surface area contributed by atoms with Crippen LogP contribution in [0.3, 0.4) is 0 Å². The summed E-state index contributed by atoms with van der Waals surface area (Å²) in [5.74, 6) is 0.618. The van der Waals surface area contributed by atoms with E-state index in [0.29, 0.717) is 12.0 Å². The Hall–Kier alpha value is -0.860. The summed E-state index contributed by atoms with van der Waals surface area (Å²) in [6.07, 6.45) is 0. The number of hydrogen-bond acceptors (Lipinski definition) is 2. The zero-order chi connectivity index (χ0) is 13.5. The van der Waals surface area contributed by atoms with Crippen LogP contribution >= 0.6 is 0 Å². The lowest BCUT2D eigenvalue weighted by Crippen LogP contribution is -2.32. The van der Waals surface area contributed by atoms with E-state index in [0.717, 1.165) is 19.6 Å². The van der Waals surface area contributed by atoms with Gasteiger partial charge in [0.15, 0.2) is 0 Å². The molecule has 2 nitrogen and oxygen atoms in total. The molecule has 2 heteroatoms. The van der Waals surface area contributed by atoms with Gasteiger partial charge in [0, 0.05) is 25.7 Å². The summed E-state index contributed by atoms with van der Waals surface area (Å²) in [5, 5.41) is 3.44. The van der Waals surface area contributed by atoms with Crippen molar-refractivity contribution in [1.82, 2.24) is 10.2 Å². The smallest absolute Gasteiger partial charge is 0.0231 e. The number of rotatable bonds is 7. The first-order chi connectivity index (χ1) is 8.49. The van der Waals surface area contributed by atoms with Gasteiger partial charge in [-0.25, -0.2) is 0 Å². The van der Waals surface area contributed by atoms with Gasteiger partial charge >= 0.3 is 0 Å². The third-order valence-electron chi connectivity index (χ3n) is 3.14. The van der Waals surface area contributed by atoms with Crippen LogP contribution in [0.4, 0.5) is 0 Å². The van der Waals surface area contributed by atoms with E-state index >= 15 is 0 Å². The van der Waals surface area contributed by atoms with Crippen LogP contribution in [0, 0.1) is 0 Å². The monoisotopic (exact) mass is 248 g/mol. The second-order valence-electron chi connectivity index (χ2n) is 5.74. The van der Waals surface area contributed by atoms with Crippen molar-refractivity contribution in [3.63, 3.8) is 0 Å². The first-order valence-corrected chi connectivity index (χ1v) is 6.99. The van der Waals surface area contributed by atoms with Gasteiger partial charge in [-0.05, 0) is 24.1 Å². The summed E-state index contributed by atoms with van der Waals surface area (Å²) in [5.41, 5.74) is 2.81. The second kappa shape index (κ2) is 7.55. The van der Waals surface area contributed by atoms with E-state index in [9.17, 15) is 0 Å². The lowest BCUT2D eigenvalue weighted by Gasteiger charge is -2.18. The fraction of sp³-hybridized carbons (Fsp3) is 0.625. The van der Waals surface area contributed by atoms with E-state index in [2.05, 4.69) is 69.2 Å². The first-order valence-electron chi connectivity index (χ1n) is 6.99. The van der Waals surface area contributed by atoms with Crippen molar-refractivity contribution in [1.29, 1.82) is 0 Å². The summed E-state index contributed by atoms with van der Waals surface area (Å²) >= 11 is 0. The quantitative estimate of drug-likeness (QED) is 0.797. The van der Waals surface area contributed by atoms with Gasteiger partial charge in [0.05, 0.1) is 0 Å². The lowest BCUT2D eigenvalue weighted by atomic mass is 10.0. The lowest BCUT2D eigenvalue weighted by molar-refractivity contribution is 0.320. The Morgan fingerprint density at radius 1 is 1.06 bits per heavy atom. The second-order valence-corrected chi connectivity index (χ2v) is 5.74. The molecule has 1 rings (SSSR count). The SMILES string of the molecule is CC(C)NCCN(C)Cc1ccc(C(C)C)cc1. The first kappa shape index (κ1) is 15.2. The van der Waals surface area contributed by atoms with E-state index in [4.69, 9.17) is 0 Å². The summed E-state index contributed by atoms with van der Waals surface area (Å²) in [4.78, 5) is 2.36. The van der Waals surface area contributed by atoms with E-state index in [1.165, 1.54) is 11.1 Å². The van der Waals surface area contributed by atoms with Crippen molar-refractivity contribution in [3.05, 3.63) is 35.4 Å². The molecule has 0 bridgehead atoms.